The van der Waals surface area contributed by atoms with Crippen molar-refractivity contribution in [2.75, 3.05) is 13.1 Å². The molecule has 0 spiro atoms. The number of halogens is 1. The van der Waals surface area contributed by atoms with Crippen molar-refractivity contribution in [2.45, 2.75) is 32.8 Å². The van der Waals surface area contributed by atoms with Crippen molar-refractivity contribution in [2.24, 2.45) is 0 Å². The van der Waals surface area contributed by atoms with Crippen molar-refractivity contribution in [3.8, 4) is 0 Å². The second-order valence-electron chi connectivity index (χ2n) is 6.80. The van der Waals surface area contributed by atoms with Crippen LogP contribution in [0.15, 0.2) is 34.9 Å². The number of H-pyrrole nitrogens is 1. The Morgan fingerprint density at radius 1 is 1.35 bits per heavy atom. The summed E-state index contributed by atoms with van der Waals surface area (Å²) in [5.74, 6) is 0. The zero-order chi connectivity index (χ0) is 16.6. The second-order valence-corrected chi connectivity index (χ2v) is 7.71. The fourth-order valence-electron chi connectivity index (χ4n) is 2.77. The highest BCUT2D eigenvalue weighted by Gasteiger charge is 2.24. The van der Waals surface area contributed by atoms with Gasteiger partial charge in [-0.15, -0.1) is 0 Å². The molecule has 1 aromatic carbocycles. The molecular formula is C18H21BrN2O2. The van der Waals surface area contributed by atoms with Crippen molar-refractivity contribution < 1.29 is 9.53 Å². The Labute approximate surface area is 144 Å². The van der Waals surface area contributed by atoms with Gasteiger partial charge in [-0.2, -0.15) is 0 Å². The summed E-state index contributed by atoms with van der Waals surface area (Å²) in [6, 6.07) is 6.25. The third kappa shape index (κ3) is 3.61. The number of hydrogen-bond donors (Lipinski definition) is 1. The zero-order valence-electron chi connectivity index (χ0n) is 13.6. The predicted molar refractivity (Wildman–Crippen MR) is 96.4 cm³/mol. The van der Waals surface area contributed by atoms with Gasteiger partial charge in [0.2, 0.25) is 0 Å². The number of amides is 1. The van der Waals surface area contributed by atoms with E-state index in [2.05, 4.69) is 45.2 Å². The van der Waals surface area contributed by atoms with Gasteiger partial charge in [-0.1, -0.05) is 28.1 Å². The van der Waals surface area contributed by atoms with Crippen LogP contribution in [0.25, 0.3) is 16.5 Å². The van der Waals surface area contributed by atoms with Crippen LogP contribution in [0, 0.1) is 0 Å². The largest absolute Gasteiger partial charge is 0.444 e. The Morgan fingerprint density at radius 2 is 2.13 bits per heavy atom. The molecule has 1 aromatic heterocycles. The number of carbonyl (C=O) groups excluding carboxylic acids is 1. The summed E-state index contributed by atoms with van der Waals surface area (Å²) in [4.78, 5) is 17.2. The molecule has 1 aliphatic heterocycles. The van der Waals surface area contributed by atoms with Crippen molar-refractivity contribution >= 4 is 38.5 Å². The first-order valence-corrected chi connectivity index (χ1v) is 8.57. The predicted octanol–water partition coefficient (Wildman–Crippen LogP) is 4.95. The average molecular weight is 377 g/mol. The normalized spacial score (nSPS) is 15.7. The van der Waals surface area contributed by atoms with Crippen LogP contribution in [0.4, 0.5) is 4.79 Å². The maximum absolute atomic E-state index is 12.1. The number of benzene rings is 1. The quantitative estimate of drug-likeness (QED) is 0.764. The molecule has 5 heteroatoms. The number of aromatic nitrogens is 1. The van der Waals surface area contributed by atoms with E-state index in [0.717, 1.165) is 16.4 Å². The monoisotopic (exact) mass is 376 g/mol. The number of hydrogen-bond acceptors (Lipinski definition) is 2. The first kappa shape index (κ1) is 16.1. The first-order valence-electron chi connectivity index (χ1n) is 7.77. The average Bonchev–Trinajstić information content (AvgIpc) is 2.88. The van der Waals surface area contributed by atoms with Crippen LogP contribution in [0.3, 0.4) is 0 Å². The smallest absolute Gasteiger partial charge is 0.410 e. The third-order valence-electron chi connectivity index (χ3n) is 3.85. The highest BCUT2D eigenvalue weighted by molar-refractivity contribution is 9.10. The number of nitrogens with zero attached hydrogens (tertiary/aromatic N) is 1. The van der Waals surface area contributed by atoms with Gasteiger partial charge < -0.3 is 14.6 Å². The van der Waals surface area contributed by atoms with Crippen LogP contribution in [0.2, 0.25) is 0 Å². The zero-order valence-corrected chi connectivity index (χ0v) is 15.2. The van der Waals surface area contributed by atoms with Gasteiger partial charge in [-0.05, 0) is 44.9 Å². The van der Waals surface area contributed by atoms with Gasteiger partial charge in [0.05, 0.1) is 0 Å². The van der Waals surface area contributed by atoms with Gasteiger partial charge in [0.1, 0.15) is 5.60 Å². The topological polar surface area (TPSA) is 45.3 Å². The molecule has 2 aromatic rings. The van der Waals surface area contributed by atoms with Crippen LogP contribution in [-0.2, 0) is 4.74 Å². The lowest BCUT2D eigenvalue weighted by Crippen LogP contribution is -2.39. The van der Waals surface area contributed by atoms with Gasteiger partial charge in [-0.3, -0.25) is 0 Å². The lowest BCUT2D eigenvalue weighted by Gasteiger charge is -2.29. The molecule has 0 radical (unpaired) electrons. The van der Waals surface area contributed by atoms with Crippen LogP contribution in [0.5, 0.6) is 0 Å². The van der Waals surface area contributed by atoms with E-state index in [9.17, 15) is 4.79 Å². The molecule has 1 aliphatic rings. The summed E-state index contributed by atoms with van der Waals surface area (Å²) in [6.07, 6.45) is 4.77. The molecule has 0 aliphatic carbocycles. The summed E-state index contributed by atoms with van der Waals surface area (Å²) >= 11 is 3.49. The lowest BCUT2D eigenvalue weighted by atomic mass is 9.99. The Balaban J connectivity index is 1.77. The highest BCUT2D eigenvalue weighted by atomic mass is 79.9. The summed E-state index contributed by atoms with van der Waals surface area (Å²) in [7, 11) is 0. The molecule has 0 bridgehead atoms. The van der Waals surface area contributed by atoms with Gasteiger partial charge in [0, 0.05) is 40.2 Å². The Hall–Kier alpha value is -1.75. The van der Waals surface area contributed by atoms with Crippen molar-refractivity contribution in [3.05, 3.63) is 40.5 Å². The minimum atomic E-state index is -0.453. The fourth-order valence-corrected chi connectivity index (χ4v) is 3.13. The van der Waals surface area contributed by atoms with E-state index in [0.29, 0.717) is 13.1 Å². The van der Waals surface area contributed by atoms with Crippen LogP contribution < -0.4 is 0 Å². The highest BCUT2D eigenvalue weighted by Crippen LogP contribution is 2.31. The lowest BCUT2D eigenvalue weighted by molar-refractivity contribution is 0.0270. The Bertz CT molecular complexity index is 771. The summed E-state index contributed by atoms with van der Waals surface area (Å²) in [6.45, 7) is 6.94. The van der Waals surface area contributed by atoms with E-state index in [4.69, 9.17) is 4.74 Å². The van der Waals surface area contributed by atoms with E-state index in [1.165, 1.54) is 16.5 Å². The minimum absolute atomic E-state index is 0.240. The number of nitrogens with one attached hydrogen (secondary N) is 1. The minimum Gasteiger partial charge on any atom is -0.444 e. The van der Waals surface area contributed by atoms with E-state index in [1.807, 2.05) is 27.0 Å². The number of ether oxygens (including phenoxy) is 1. The first-order chi connectivity index (χ1) is 10.8. The molecule has 23 heavy (non-hydrogen) atoms. The van der Waals surface area contributed by atoms with E-state index in [1.54, 1.807) is 4.90 Å². The van der Waals surface area contributed by atoms with Crippen LogP contribution in [0.1, 0.15) is 32.8 Å². The van der Waals surface area contributed by atoms with E-state index < -0.39 is 5.60 Å². The van der Waals surface area contributed by atoms with Crippen molar-refractivity contribution in [1.82, 2.24) is 9.88 Å². The number of aromatic amines is 1. The van der Waals surface area contributed by atoms with Gasteiger partial charge in [0.25, 0.3) is 0 Å². The molecule has 0 unspecified atom stereocenters. The maximum Gasteiger partial charge on any atom is 0.410 e. The maximum atomic E-state index is 12.1. The fraction of sp³-hybridized carbons (Fsp3) is 0.389. The van der Waals surface area contributed by atoms with E-state index >= 15 is 0 Å². The molecule has 0 saturated carbocycles. The Kier molecular flexibility index (Phi) is 4.23. The molecule has 0 atom stereocenters. The van der Waals surface area contributed by atoms with Crippen LogP contribution >= 0.6 is 15.9 Å². The molecule has 0 saturated heterocycles. The molecule has 1 N–H and O–H groups in total. The molecule has 122 valence electrons. The SMILES string of the molecule is CC(C)(C)OC(=O)N1CC=C(c2c[nH]c3cc(Br)ccc23)CC1. The molecule has 1 amide bonds. The molecule has 2 heterocycles. The van der Waals surface area contributed by atoms with Gasteiger partial charge >= 0.3 is 6.09 Å². The molecule has 0 fully saturated rings. The third-order valence-corrected chi connectivity index (χ3v) is 4.34. The second kappa shape index (κ2) is 6.04. The van der Waals surface area contributed by atoms with Gasteiger partial charge in [0.15, 0.2) is 0 Å². The number of carbonyl (C=O) groups is 1. The van der Waals surface area contributed by atoms with Crippen LogP contribution in [-0.4, -0.2) is 34.7 Å². The number of rotatable bonds is 1. The molecular weight excluding hydrogens is 356 g/mol. The molecule has 4 nitrogen and oxygen atoms in total. The Morgan fingerprint density at radius 3 is 2.78 bits per heavy atom. The van der Waals surface area contributed by atoms with Crippen molar-refractivity contribution in [3.63, 3.8) is 0 Å². The number of fused-ring (bicyclic) bond motifs is 1. The van der Waals surface area contributed by atoms with E-state index in [-0.39, 0.29) is 6.09 Å². The summed E-state index contributed by atoms with van der Waals surface area (Å²) in [5, 5.41) is 1.21. The van der Waals surface area contributed by atoms with Crippen molar-refractivity contribution in [1.29, 1.82) is 0 Å². The standard InChI is InChI=1S/C18H21BrN2O2/c1-18(2,3)23-17(22)21-8-6-12(7-9-21)15-11-20-16-10-13(19)4-5-14(15)16/h4-6,10-11,20H,7-9H2,1-3H3. The summed E-state index contributed by atoms with van der Waals surface area (Å²) < 4.78 is 6.50. The van der Waals surface area contributed by atoms with Gasteiger partial charge in [-0.25, -0.2) is 4.79 Å². The summed E-state index contributed by atoms with van der Waals surface area (Å²) in [5.41, 5.74) is 3.16. The molecule has 3 rings (SSSR count).